The van der Waals surface area contributed by atoms with Crippen molar-refractivity contribution in [1.29, 1.82) is 0 Å². The third-order valence-electron chi connectivity index (χ3n) is 8.81. The van der Waals surface area contributed by atoms with Crippen LogP contribution in [0.1, 0.15) is 74.1 Å². The van der Waals surface area contributed by atoms with Crippen molar-refractivity contribution in [2.75, 3.05) is 0 Å². The summed E-state index contributed by atoms with van der Waals surface area (Å²) in [5.74, 6) is 1.72. The van der Waals surface area contributed by atoms with Gasteiger partial charge < -0.3 is 4.52 Å². The van der Waals surface area contributed by atoms with Crippen molar-refractivity contribution in [2.24, 2.45) is 11.8 Å². The molecule has 1 aromatic carbocycles. The minimum atomic E-state index is -1.18. The Morgan fingerprint density at radius 3 is 2.56 bits per heavy atom. The second kappa shape index (κ2) is 11.0. The highest BCUT2D eigenvalue weighted by molar-refractivity contribution is 5.94. The van der Waals surface area contributed by atoms with Gasteiger partial charge in [-0.05, 0) is 128 Å². The number of hydrogen-bond acceptors (Lipinski definition) is 2. The lowest BCUT2D eigenvalue weighted by molar-refractivity contribution is 0.130. The molecule has 0 bridgehead atoms. The van der Waals surface area contributed by atoms with E-state index in [0.29, 0.717) is 24.7 Å². The number of hydrogen-bond donors (Lipinski definition) is 0. The highest BCUT2D eigenvalue weighted by Gasteiger charge is 2.32. The largest absolute Gasteiger partial charge is 0.361 e. The van der Waals surface area contributed by atoms with E-state index in [2.05, 4.69) is 86.8 Å². The second-order valence-electron chi connectivity index (χ2n) is 11.7. The van der Waals surface area contributed by atoms with E-state index in [1.165, 1.54) is 38.8 Å². The molecule has 5 rings (SSSR count). The summed E-state index contributed by atoms with van der Waals surface area (Å²) in [5, 5.41) is 6.57. The van der Waals surface area contributed by atoms with E-state index in [0.717, 1.165) is 53.8 Å². The zero-order valence-corrected chi connectivity index (χ0v) is 23.8. The maximum Gasteiger partial charge on any atom is 0.141 e. The normalized spacial score (nSPS) is 24.8. The van der Waals surface area contributed by atoms with Crippen LogP contribution >= 0.6 is 0 Å². The van der Waals surface area contributed by atoms with Gasteiger partial charge in [-0.2, -0.15) is 0 Å². The van der Waals surface area contributed by atoms with Gasteiger partial charge in [0.1, 0.15) is 11.4 Å². The number of rotatable bonds is 6. The Morgan fingerprint density at radius 2 is 1.87 bits per heavy atom. The van der Waals surface area contributed by atoms with Gasteiger partial charge in [-0.25, -0.2) is 4.39 Å². The maximum absolute atomic E-state index is 14.7. The van der Waals surface area contributed by atoms with Crippen molar-refractivity contribution in [1.82, 2.24) is 5.16 Å². The summed E-state index contributed by atoms with van der Waals surface area (Å²) in [4.78, 5) is 0. The predicted octanol–water partition coefficient (Wildman–Crippen LogP) is 8.06. The minimum Gasteiger partial charge on any atom is -0.361 e. The Bertz CT molecular complexity index is 1530. The molecule has 0 saturated heterocycles. The number of alkyl halides is 1. The van der Waals surface area contributed by atoms with E-state index < -0.39 is 5.67 Å². The Hall–Kier alpha value is -3.46. The minimum absolute atomic E-state index is 0.358. The van der Waals surface area contributed by atoms with Crippen molar-refractivity contribution in [2.45, 2.75) is 71.9 Å². The number of fused-ring (bicyclic) bond motifs is 1. The number of aromatic nitrogens is 1. The Morgan fingerprint density at radius 1 is 1.10 bits per heavy atom. The molecule has 1 heterocycles. The monoisotopic (exact) mass is 521 g/mol. The van der Waals surface area contributed by atoms with Crippen molar-refractivity contribution >= 4 is 23.3 Å². The number of aryl methyl sites for hydroxylation is 3. The van der Waals surface area contributed by atoms with Crippen LogP contribution in [0.15, 0.2) is 77.4 Å². The summed E-state index contributed by atoms with van der Waals surface area (Å²) in [6, 6.07) is 4.70. The average Bonchev–Trinajstić information content (AvgIpc) is 3.04. The molecule has 39 heavy (non-hydrogen) atoms. The smallest absolute Gasteiger partial charge is 0.141 e. The van der Waals surface area contributed by atoms with Gasteiger partial charge in [0.05, 0.1) is 5.69 Å². The first-order valence-corrected chi connectivity index (χ1v) is 14.3. The topological polar surface area (TPSA) is 26.0 Å². The fourth-order valence-corrected chi connectivity index (χ4v) is 6.19. The molecular weight excluding hydrogens is 481 g/mol. The molecule has 0 N–H and O–H groups in total. The molecule has 1 unspecified atom stereocenters. The summed E-state index contributed by atoms with van der Waals surface area (Å²) in [6.07, 6.45) is 22.2. The molecule has 1 saturated carbocycles. The fraction of sp³-hybridized carbons (Fsp3) is 0.361. The van der Waals surface area contributed by atoms with Crippen LogP contribution in [0.3, 0.4) is 0 Å². The Balaban J connectivity index is 1.58. The average molecular weight is 522 g/mol. The first-order chi connectivity index (χ1) is 18.7. The van der Waals surface area contributed by atoms with E-state index in [9.17, 15) is 4.39 Å². The molecule has 0 spiro atoms. The lowest BCUT2D eigenvalue weighted by atomic mass is 9.78. The van der Waals surface area contributed by atoms with Crippen LogP contribution in [-0.2, 0) is 6.42 Å². The van der Waals surface area contributed by atoms with Crippen LogP contribution in [-0.4, -0.2) is 10.8 Å². The van der Waals surface area contributed by atoms with Crippen LogP contribution in [0.25, 0.3) is 23.3 Å². The second-order valence-corrected chi connectivity index (χ2v) is 11.7. The van der Waals surface area contributed by atoms with E-state index in [1.807, 2.05) is 13.8 Å². The number of nitrogens with zero attached hydrogens (tertiary/aromatic N) is 1. The van der Waals surface area contributed by atoms with Crippen LogP contribution in [0.2, 0.25) is 0 Å². The van der Waals surface area contributed by atoms with Gasteiger partial charge in [-0.15, -0.1) is 0 Å². The molecule has 2 nitrogen and oxygen atoms in total. The highest BCUT2D eigenvalue weighted by atomic mass is 19.1. The zero-order chi connectivity index (χ0) is 27.7. The van der Waals surface area contributed by atoms with E-state index >= 15 is 0 Å². The summed E-state index contributed by atoms with van der Waals surface area (Å²) < 4.78 is 20.2. The van der Waals surface area contributed by atoms with E-state index in [4.69, 9.17) is 4.52 Å². The maximum atomic E-state index is 14.7. The molecule has 3 aliphatic rings. The quantitative estimate of drug-likeness (QED) is 0.359. The molecular formula is C36H40FNO. The van der Waals surface area contributed by atoms with Gasteiger partial charge in [0, 0.05) is 5.56 Å². The molecule has 0 radical (unpaired) electrons. The number of halogens is 1. The molecule has 1 aromatic heterocycles. The standard InChI is InChI=1S/C36H40FNO/c1-7-36(37)15-13-28(14-16-36)11-12-29-20-31-22-32(35-26(5)38-39-27(35)6)17-23(2)18-33(31)34(21-29)30-10-8-9-24(3)25(4)19-30/h7-10,17-22,25,28H,1-2,11-16H2,3-6H3. The first-order valence-electron chi connectivity index (χ1n) is 14.3. The molecule has 0 amide bonds. The van der Waals surface area contributed by atoms with E-state index in [-0.39, 0.29) is 0 Å². The fourth-order valence-electron chi connectivity index (χ4n) is 6.19. The molecule has 3 heteroatoms. The third-order valence-corrected chi connectivity index (χ3v) is 8.81. The van der Waals surface area contributed by atoms with Gasteiger partial charge in [-0.1, -0.05) is 73.3 Å². The van der Waals surface area contributed by atoms with Gasteiger partial charge in [0.2, 0.25) is 0 Å². The molecule has 202 valence electrons. The van der Waals surface area contributed by atoms with Crippen molar-refractivity contribution in [3.05, 3.63) is 111 Å². The third kappa shape index (κ3) is 5.78. The molecule has 1 fully saturated rings. The Labute approximate surface area is 232 Å². The van der Waals surface area contributed by atoms with Crippen LogP contribution in [0.4, 0.5) is 4.39 Å². The molecule has 2 aromatic rings. The summed E-state index contributed by atoms with van der Waals surface area (Å²) in [6.45, 7) is 16.5. The van der Waals surface area contributed by atoms with Crippen LogP contribution < -0.4 is 10.4 Å². The van der Waals surface area contributed by atoms with Gasteiger partial charge in [-0.3, -0.25) is 0 Å². The number of allylic oxidation sites excluding steroid dienone is 10. The van der Waals surface area contributed by atoms with Gasteiger partial charge >= 0.3 is 0 Å². The summed E-state index contributed by atoms with van der Waals surface area (Å²) in [7, 11) is 0. The van der Waals surface area contributed by atoms with Gasteiger partial charge in [0.25, 0.3) is 0 Å². The lowest BCUT2D eigenvalue weighted by Crippen LogP contribution is -2.29. The Kier molecular flexibility index (Phi) is 7.62. The van der Waals surface area contributed by atoms with Crippen LogP contribution in [0.5, 0.6) is 0 Å². The molecule has 3 aliphatic carbocycles. The van der Waals surface area contributed by atoms with Crippen molar-refractivity contribution in [3.8, 4) is 0 Å². The first kappa shape index (κ1) is 27.1. The zero-order valence-electron chi connectivity index (χ0n) is 23.8. The molecule has 1 atom stereocenters. The highest BCUT2D eigenvalue weighted by Crippen LogP contribution is 2.37. The SMILES string of the molecule is C=CC1(F)CCC(CCc2cc(C3=CC(C)C(C)=CC=C3)c3c(c2)=CC(c2c(C)noc2C)=CC(=C)C=3)CC1. The van der Waals surface area contributed by atoms with E-state index in [1.54, 1.807) is 0 Å². The van der Waals surface area contributed by atoms with Crippen LogP contribution in [0, 0.1) is 25.7 Å². The number of benzene rings is 1. The summed E-state index contributed by atoms with van der Waals surface area (Å²) in [5.41, 5.74) is 7.90. The molecule has 0 aliphatic heterocycles. The van der Waals surface area contributed by atoms with Crippen molar-refractivity contribution in [3.63, 3.8) is 0 Å². The van der Waals surface area contributed by atoms with Crippen molar-refractivity contribution < 1.29 is 8.91 Å². The predicted molar refractivity (Wildman–Crippen MR) is 162 cm³/mol. The lowest BCUT2D eigenvalue weighted by Gasteiger charge is -2.31. The summed E-state index contributed by atoms with van der Waals surface area (Å²) >= 11 is 0. The van der Waals surface area contributed by atoms with Gasteiger partial charge in [0.15, 0.2) is 0 Å².